The van der Waals surface area contributed by atoms with Gasteiger partial charge in [-0.3, -0.25) is 4.90 Å². The van der Waals surface area contributed by atoms with Crippen molar-refractivity contribution in [1.29, 1.82) is 0 Å². The van der Waals surface area contributed by atoms with E-state index in [4.69, 9.17) is 18.9 Å². The van der Waals surface area contributed by atoms with Crippen LogP contribution in [0.15, 0.2) is 36.4 Å². The molecule has 1 saturated heterocycles. The van der Waals surface area contributed by atoms with Crippen LogP contribution in [-0.2, 0) is 27.5 Å². The Labute approximate surface area is 170 Å². The molecule has 5 rings (SSSR count). The van der Waals surface area contributed by atoms with Gasteiger partial charge in [0.15, 0.2) is 13.6 Å². The molecule has 0 aromatic heterocycles. The molecule has 2 aromatic carbocycles. The largest absolute Gasteiger partial charge is 0.467 e. The molecule has 6 heteroatoms. The van der Waals surface area contributed by atoms with Crippen molar-refractivity contribution < 1.29 is 23.7 Å². The predicted octanol–water partition coefficient (Wildman–Crippen LogP) is 3.42. The second kappa shape index (κ2) is 8.14. The lowest BCUT2D eigenvalue weighted by molar-refractivity contribution is -0.112. The Balaban J connectivity index is 1.52. The Hall–Kier alpha value is -2.41. The van der Waals surface area contributed by atoms with Gasteiger partial charge in [-0.25, -0.2) is 0 Å². The van der Waals surface area contributed by atoms with E-state index >= 15 is 0 Å². The lowest BCUT2D eigenvalue weighted by atomic mass is 9.90. The minimum absolute atomic E-state index is 0.0991. The number of fused-ring (bicyclic) bond motifs is 2. The second-order valence-electron chi connectivity index (χ2n) is 7.87. The van der Waals surface area contributed by atoms with Crippen LogP contribution in [0.2, 0.25) is 0 Å². The Bertz CT molecular complexity index is 831. The van der Waals surface area contributed by atoms with Crippen LogP contribution >= 0.6 is 0 Å². The zero-order valence-electron chi connectivity index (χ0n) is 16.3. The first-order valence-electron chi connectivity index (χ1n) is 10.2. The summed E-state index contributed by atoms with van der Waals surface area (Å²) in [5.74, 6) is 1.96. The summed E-state index contributed by atoms with van der Waals surface area (Å²) in [4.78, 5) is 13.7. The van der Waals surface area contributed by atoms with Crippen LogP contribution in [0.1, 0.15) is 41.1 Å². The van der Waals surface area contributed by atoms with E-state index in [0.29, 0.717) is 26.8 Å². The first-order valence-corrected chi connectivity index (χ1v) is 10.2. The van der Waals surface area contributed by atoms with E-state index in [2.05, 4.69) is 29.2 Å². The minimum Gasteiger partial charge on any atom is -0.467 e. The Morgan fingerprint density at radius 2 is 1.41 bits per heavy atom. The molecule has 0 unspecified atom stereocenters. The van der Waals surface area contributed by atoms with Crippen LogP contribution in [0.3, 0.4) is 0 Å². The van der Waals surface area contributed by atoms with Gasteiger partial charge in [-0.05, 0) is 61.3 Å². The standard InChI is InChI=1S/C23H25NO5/c25-11-16-5-7-24(8-6-16)23(17-1-3-21-19(9-17)12-26-14-28-21)18-2-4-22-20(10-18)13-27-15-29-22/h1-4,9-11,16,23H,5-8,12-15H2. The fraction of sp³-hybridized carbons (Fsp3) is 0.435. The first kappa shape index (κ1) is 18.6. The number of piperidine rings is 1. The maximum atomic E-state index is 11.2. The lowest BCUT2D eigenvalue weighted by Gasteiger charge is -2.37. The van der Waals surface area contributed by atoms with E-state index in [1.807, 2.05) is 12.1 Å². The summed E-state index contributed by atoms with van der Waals surface area (Å²) in [5, 5.41) is 0. The fourth-order valence-electron chi connectivity index (χ4n) is 4.49. The maximum absolute atomic E-state index is 11.2. The number of likely N-dealkylation sites (tertiary alicyclic amines) is 1. The van der Waals surface area contributed by atoms with Crippen molar-refractivity contribution >= 4 is 6.29 Å². The second-order valence-corrected chi connectivity index (χ2v) is 7.87. The molecular formula is C23H25NO5. The number of rotatable bonds is 4. The van der Waals surface area contributed by atoms with Gasteiger partial charge in [0.1, 0.15) is 17.8 Å². The number of benzene rings is 2. The fourth-order valence-corrected chi connectivity index (χ4v) is 4.49. The molecule has 0 saturated carbocycles. The average molecular weight is 395 g/mol. The molecule has 0 atom stereocenters. The summed E-state index contributed by atoms with van der Waals surface area (Å²) in [6.07, 6.45) is 2.90. The number of carbonyl (C=O) groups excluding carboxylic acids is 1. The third-order valence-electron chi connectivity index (χ3n) is 6.04. The molecule has 0 bridgehead atoms. The molecule has 0 aliphatic carbocycles. The van der Waals surface area contributed by atoms with Gasteiger partial charge in [-0.1, -0.05) is 12.1 Å². The van der Waals surface area contributed by atoms with Gasteiger partial charge in [0, 0.05) is 17.0 Å². The third kappa shape index (κ3) is 3.75. The molecule has 0 radical (unpaired) electrons. The van der Waals surface area contributed by atoms with E-state index in [-0.39, 0.29) is 12.0 Å². The summed E-state index contributed by atoms with van der Waals surface area (Å²) in [7, 11) is 0. The Morgan fingerprint density at radius 3 is 1.93 bits per heavy atom. The van der Waals surface area contributed by atoms with Gasteiger partial charge in [-0.15, -0.1) is 0 Å². The summed E-state index contributed by atoms with van der Waals surface area (Å²) in [5.41, 5.74) is 4.57. The van der Waals surface area contributed by atoms with Gasteiger partial charge in [0.05, 0.1) is 19.3 Å². The molecule has 0 spiro atoms. The van der Waals surface area contributed by atoms with E-state index in [0.717, 1.165) is 54.8 Å². The molecule has 2 aromatic rings. The van der Waals surface area contributed by atoms with Crippen molar-refractivity contribution in [3.05, 3.63) is 58.7 Å². The maximum Gasteiger partial charge on any atom is 0.189 e. The normalized spacial score (nSPS) is 19.8. The summed E-state index contributed by atoms with van der Waals surface area (Å²) >= 11 is 0. The Morgan fingerprint density at radius 1 is 0.862 bits per heavy atom. The van der Waals surface area contributed by atoms with Crippen molar-refractivity contribution in [3.8, 4) is 11.5 Å². The average Bonchev–Trinajstić information content (AvgIpc) is 2.79. The SMILES string of the molecule is O=CC1CCN(C(c2ccc3c(c2)COCO3)c2ccc3c(c2)COCO3)CC1. The molecule has 6 nitrogen and oxygen atoms in total. The smallest absolute Gasteiger partial charge is 0.189 e. The third-order valence-corrected chi connectivity index (χ3v) is 6.04. The van der Waals surface area contributed by atoms with E-state index in [9.17, 15) is 4.79 Å². The molecule has 1 fully saturated rings. The number of hydrogen-bond acceptors (Lipinski definition) is 6. The lowest BCUT2D eigenvalue weighted by Crippen LogP contribution is -2.37. The van der Waals surface area contributed by atoms with Gasteiger partial charge in [0.2, 0.25) is 0 Å². The number of nitrogens with zero attached hydrogens (tertiary/aromatic N) is 1. The minimum atomic E-state index is 0.0991. The Kier molecular flexibility index (Phi) is 5.23. The molecule has 3 heterocycles. The zero-order valence-corrected chi connectivity index (χ0v) is 16.3. The van der Waals surface area contributed by atoms with Gasteiger partial charge < -0.3 is 23.7 Å². The molecule has 29 heavy (non-hydrogen) atoms. The summed E-state index contributed by atoms with van der Waals surface area (Å²) in [6, 6.07) is 12.9. The highest BCUT2D eigenvalue weighted by atomic mass is 16.7. The van der Waals surface area contributed by atoms with Crippen molar-refractivity contribution in [2.75, 3.05) is 26.7 Å². The van der Waals surface area contributed by atoms with E-state index in [1.54, 1.807) is 0 Å². The monoisotopic (exact) mass is 395 g/mol. The van der Waals surface area contributed by atoms with Crippen LogP contribution in [0.5, 0.6) is 11.5 Å². The van der Waals surface area contributed by atoms with Crippen molar-refractivity contribution in [3.63, 3.8) is 0 Å². The van der Waals surface area contributed by atoms with Gasteiger partial charge in [-0.2, -0.15) is 0 Å². The summed E-state index contributed by atoms with van der Waals surface area (Å²) in [6.45, 7) is 3.52. The molecular weight excluding hydrogens is 370 g/mol. The van der Waals surface area contributed by atoms with Crippen molar-refractivity contribution in [2.24, 2.45) is 5.92 Å². The zero-order chi connectivity index (χ0) is 19.6. The molecule has 0 amide bonds. The van der Waals surface area contributed by atoms with Gasteiger partial charge >= 0.3 is 0 Å². The number of aldehydes is 1. The topological polar surface area (TPSA) is 57.2 Å². The molecule has 152 valence electrons. The number of ether oxygens (including phenoxy) is 4. The molecule has 3 aliphatic heterocycles. The number of carbonyl (C=O) groups is 1. The van der Waals surface area contributed by atoms with E-state index < -0.39 is 0 Å². The van der Waals surface area contributed by atoms with Crippen LogP contribution in [0.25, 0.3) is 0 Å². The number of hydrogen-bond donors (Lipinski definition) is 0. The van der Waals surface area contributed by atoms with Crippen LogP contribution in [-0.4, -0.2) is 37.9 Å². The first-order chi connectivity index (χ1) is 14.3. The highest BCUT2D eigenvalue weighted by Gasteiger charge is 2.29. The van der Waals surface area contributed by atoms with Crippen molar-refractivity contribution in [1.82, 2.24) is 4.90 Å². The van der Waals surface area contributed by atoms with Crippen LogP contribution in [0.4, 0.5) is 0 Å². The highest BCUT2D eigenvalue weighted by Crippen LogP contribution is 2.37. The van der Waals surface area contributed by atoms with Crippen molar-refractivity contribution in [2.45, 2.75) is 32.1 Å². The van der Waals surface area contributed by atoms with Gasteiger partial charge in [0.25, 0.3) is 0 Å². The quantitative estimate of drug-likeness (QED) is 0.740. The predicted molar refractivity (Wildman–Crippen MR) is 106 cm³/mol. The molecule has 3 aliphatic rings. The molecule has 0 N–H and O–H groups in total. The summed E-state index contributed by atoms with van der Waals surface area (Å²) < 4.78 is 22.2. The highest BCUT2D eigenvalue weighted by molar-refractivity contribution is 5.53. The van der Waals surface area contributed by atoms with E-state index in [1.165, 1.54) is 11.1 Å². The van der Waals surface area contributed by atoms with Crippen LogP contribution in [0, 0.1) is 5.92 Å². The van der Waals surface area contributed by atoms with Crippen LogP contribution < -0.4 is 9.47 Å².